The first-order valence-corrected chi connectivity index (χ1v) is 8.92. The molecule has 0 radical (unpaired) electrons. The fourth-order valence-corrected chi connectivity index (χ4v) is 3.67. The molecule has 0 bridgehead atoms. The van der Waals surface area contributed by atoms with E-state index in [1.54, 1.807) is 0 Å². The maximum Gasteiger partial charge on any atom is 0.109 e. The van der Waals surface area contributed by atoms with E-state index in [4.69, 9.17) is 6.42 Å². The molecule has 1 fully saturated rings. The van der Waals surface area contributed by atoms with Gasteiger partial charge in [-0.2, -0.15) is 0 Å². The quantitative estimate of drug-likeness (QED) is 0.506. The molecule has 1 heteroatoms. The highest BCUT2D eigenvalue weighted by Gasteiger charge is 2.29. The Labute approximate surface area is 144 Å². The highest BCUT2D eigenvalue weighted by atomic mass is 14.3. The molecule has 122 valence electrons. The van der Waals surface area contributed by atoms with Crippen LogP contribution in [0.3, 0.4) is 0 Å². The first-order valence-electron chi connectivity index (χ1n) is 8.92. The van der Waals surface area contributed by atoms with E-state index in [1.807, 2.05) is 6.08 Å². The van der Waals surface area contributed by atoms with Crippen molar-refractivity contribution in [3.63, 3.8) is 0 Å². The van der Waals surface area contributed by atoms with E-state index in [1.165, 1.54) is 47.9 Å². The molecule has 1 aromatic carbocycles. The van der Waals surface area contributed by atoms with Crippen LogP contribution in [0.5, 0.6) is 0 Å². The lowest BCUT2D eigenvalue weighted by Crippen LogP contribution is -2.20. The van der Waals surface area contributed by atoms with Crippen LogP contribution >= 0.6 is 0 Å². The van der Waals surface area contributed by atoms with Crippen LogP contribution in [-0.4, -0.2) is 7.85 Å². The monoisotopic (exact) mass is 306 g/mol. The summed E-state index contributed by atoms with van der Waals surface area (Å²) in [5.41, 5.74) is 5.83. The summed E-state index contributed by atoms with van der Waals surface area (Å²) in [5, 5.41) is 0.502. The fraction of sp³-hybridized carbons (Fsp3) is 0.545. The lowest BCUT2D eigenvalue weighted by Gasteiger charge is -2.36. The number of hydrogen-bond donors (Lipinski definition) is 0. The van der Waals surface area contributed by atoms with Gasteiger partial charge in [-0.25, -0.2) is 0 Å². The van der Waals surface area contributed by atoms with Crippen LogP contribution in [0.2, 0.25) is 5.31 Å². The topological polar surface area (TPSA) is 0 Å². The SMILES string of the molecule is BC1(C)CCC(c2cc(C(C)(C)C)cc(C)c2/C=C\C#C)CC1. The van der Waals surface area contributed by atoms with Crippen LogP contribution < -0.4 is 0 Å². The van der Waals surface area contributed by atoms with E-state index in [9.17, 15) is 0 Å². The summed E-state index contributed by atoms with van der Waals surface area (Å²) in [6.45, 7) is 11.5. The zero-order valence-electron chi connectivity index (χ0n) is 15.8. The van der Waals surface area contributed by atoms with Crippen molar-refractivity contribution in [2.24, 2.45) is 0 Å². The van der Waals surface area contributed by atoms with Gasteiger partial charge in [-0.15, -0.1) is 6.42 Å². The third-order valence-electron chi connectivity index (χ3n) is 5.41. The van der Waals surface area contributed by atoms with Gasteiger partial charge < -0.3 is 0 Å². The molecule has 2 rings (SSSR count). The maximum atomic E-state index is 5.45. The second-order valence-corrected chi connectivity index (χ2v) is 8.98. The molecule has 1 aliphatic rings. The molecule has 1 saturated carbocycles. The fourth-order valence-electron chi connectivity index (χ4n) is 3.67. The van der Waals surface area contributed by atoms with Crippen molar-refractivity contribution in [3.05, 3.63) is 40.5 Å². The van der Waals surface area contributed by atoms with Crippen LogP contribution in [0, 0.1) is 19.3 Å². The Morgan fingerprint density at radius 2 is 1.87 bits per heavy atom. The molecule has 0 spiro atoms. The van der Waals surface area contributed by atoms with E-state index < -0.39 is 0 Å². The second-order valence-electron chi connectivity index (χ2n) is 8.98. The predicted octanol–water partition coefficient (Wildman–Crippen LogP) is 5.41. The first-order chi connectivity index (χ1) is 10.6. The molecule has 0 saturated heterocycles. The van der Waals surface area contributed by atoms with E-state index in [2.05, 4.69) is 66.6 Å². The molecule has 1 aromatic rings. The average molecular weight is 306 g/mol. The van der Waals surface area contributed by atoms with Crippen molar-refractivity contribution < 1.29 is 0 Å². The minimum absolute atomic E-state index is 0.182. The average Bonchev–Trinajstić information content (AvgIpc) is 2.44. The molecule has 0 unspecified atom stereocenters. The molecule has 0 N–H and O–H groups in total. The van der Waals surface area contributed by atoms with Crippen LogP contribution in [0.25, 0.3) is 6.08 Å². The van der Waals surface area contributed by atoms with Gasteiger partial charge >= 0.3 is 0 Å². The number of hydrogen-bond acceptors (Lipinski definition) is 0. The Kier molecular flexibility index (Phi) is 5.15. The van der Waals surface area contributed by atoms with E-state index in [-0.39, 0.29) is 5.41 Å². The lowest BCUT2D eigenvalue weighted by atomic mass is 9.59. The molecule has 1 aliphatic carbocycles. The van der Waals surface area contributed by atoms with Gasteiger partial charge in [-0.3, -0.25) is 0 Å². The molecule has 0 heterocycles. The Morgan fingerprint density at radius 1 is 1.26 bits per heavy atom. The Bertz CT molecular complexity index is 625. The number of terminal acetylenes is 1. The van der Waals surface area contributed by atoms with Gasteiger partial charge in [0.2, 0.25) is 0 Å². The van der Waals surface area contributed by atoms with Crippen LogP contribution in [0.1, 0.15) is 81.5 Å². The molecular formula is C22H31B. The van der Waals surface area contributed by atoms with Gasteiger partial charge in [0.05, 0.1) is 0 Å². The van der Waals surface area contributed by atoms with Crippen molar-refractivity contribution in [2.75, 3.05) is 0 Å². The zero-order valence-corrected chi connectivity index (χ0v) is 15.8. The Hall–Kier alpha value is -1.42. The molecule has 0 atom stereocenters. The third-order valence-corrected chi connectivity index (χ3v) is 5.41. The maximum absolute atomic E-state index is 5.45. The van der Waals surface area contributed by atoms with Crippen LogP contribution in [0.15, 0.2) is 18.2 Å². The summed E-state index contributed by atoms with van der Waals surface area (Å²) < 4.78 is 0. The Balaban J connectivity index is 2.48. The van der Waals surface area contributed by atoms with Crippen molar-refractivity contribution in [1.82, 2.24) is 0 Å². The first kappa shape index (κ1) is 17.9. The lowest BCUT2D eigenvalue weighted by molar-refractivity contribution is 0.363. The van der Waals surface area contributed by atoms with Crippen LogP contribution in [-0.2, 0) is 5.41 Å². The number of benzene rings is 1. The summed E-state index contributed by atoms with van der Waals surface area (Å²) >= 11 is 0. The van der Waals surface area contributed by atoms with Crippen LogP contribution in [0.4, 0.5) is 0 Å². The van der Waals surface area contributed by atoms with Gasteiger partial charge in [0.15, 0.2) is 0 Å². The summed E-state index contributed by atoms with van der Waals surface area (Å²) in [4.78, 5) is 0. The number of rotatable bonds is 2. The largest absolute Gasteiger partial charge is 0.115 e. The minimum Gasteiger partial charge on any atom is -0.115 e. The van der Waals surface area contributed by atoms with E-state index >= 15 is 0 Å². The van der Waals surface area contributed by atoms with Crippen molar-refractivity contribution in [2.45, 2.75) is 76.9 Å². The summed E-state index contributed by atoms with van der Waals surface area (Å²) in [6, 6.07) is 4.79. The number of aryl methyl sites for hydroxylation is 1. The second kappa shape index (κ2) is 6.60. The van der Waals surface area contributed by atoms with Crippen molar-refractivity contribution >= 4 is 13.9 Å². The molecular weight excluding hydrogens is 275 g/mol. The van der Waals surface area contributed by atoms with Gasteiger partial charge in [0.25, 0.3) is 0 Å². The Morgan fingerprint density at radius 3 is 2.39 bits per heavy atom. The smallest absolute Gasteiger partial charge is 0.109 e. The van der Waals surface area contributed by atoms with Gasteiger partial charge in [-0.1, -0.05) is 63.9 Å². The zero-order chi connectivity index (χ0) is 17.3. The molecule has 0 aliphatic heterocycles. The molecule has 23 heavy (non-hydrogen) atoms. The van der Waals surface area contributed by atoms with E-state index in [0.717, 1.165) is 0 Å². The predicted molar refractivity (Wildman–Crippen MR) is 106 cm³/mol. The normalized spacial score (nSPS) is 25.5. The highest BCUT2D eigenvalue weighted by molar-refractivity contribution is 6.14. The van der Waals surface area contributed by atoms with Gasteiger partial charge in [0, 0.05) is 0 Å². The van der Waals surface area contributed by atoms with Crippen molar-refractivity contribution in [1.29, 1.82) is 0 Å². The number of allylic oxidation sites excluding steroid dienone is 1. The van der Waals surface area contributed by atoms with Gasteiger partial charge in [-0.05, 0) is 65.5 Å². The molecule has 0 aromatic heterocycles. The summed E-state index contributed by atoms with van der Waals surface area (Å²) in [7, 11) is 2.40. The summed E-state index contributed by atoms with van der Waals surface area (Å²) in [6.07, 6.45) is 14.6. The van der Waals surface area contributed by atoms with E-state index in [0.29, 0.717) is 11.2 Å². The minimum atomic E-state index is 0.182. The highest BCUT2D eigenvalue weighted by Crippen LogP contribution is 2.47. The molecule has 0 nitrogen and oxygen atoms in total. The van der Waals surface area contributed by atoms with Crippen molar-refractivity contribution in [3.8, 4) is 12.3 Å². The molecule has 0 amide bonds. The summed E-state index contributed by atoms with van der Waals surface area (Å²) in [5.74, 6) is 3.32. The third kappa shape index (κ3) is 4.32. The van der Waals surface area contributed by atoms with Gasteiger partial charge in [0.1, 0.15) is 7.85 Å². The standard InChI is InChI=1S/C22H31B/c1-7-8-9-19-16(2)14-18(21(3,4)5)15-20(19)17-10-12-22(6,23)13-11-17/h1,8-9,14-15,17H,10-13,23H2,2-6H3/b9-8-.